The summed E-state index contributed by atoms with van der Waals surface area (Å²) in [5, 5.41) is 6.41. The van der Waals surface area contributed by atoms with Gasteiger partial charge in [0.15, 0.2) is 9.04 Å². The molecule has 8 heteroatoms. The van der Waals surface area contributed by atoms with Gasteiger partial charge in [-0.1, -0.05) is 112 Å². The van der Waals surface area contributed by atoms with Gasteiger partial charge in [0.2, 0.25) is 0 Å². The lowest BCUT2D eigenvalue weighted by molar-refractivity contribution is 0.0243. The molecule has 2 N–H and O–H groups in total. The number of hydrogen-bond donors (Lipinski definition) is 2. The first-order valence-corrected chi connectivity index (χ1v) is 18.7. The Morgan fingerprint density at radius 3 is 1.78 bits per heavy atom. The van der Waals surface area contributed by atoms with Crippen molar-refractivity contribution in [3.05, 3.63) is 108 Å². The van der Waals surface area contributed by atoms with Crippen LogP contribution in [0, 0.1) is 11.3 Å². The summed E-state index contributed by atoms with van der Waals surface area (Å²) in [7, 11) is -1.57. The van der Waals surface area contributed by atoms with Crippen LogP contribution in [-0.4, -0.2) is 38.9 Å². The minimum atomic E-state index is -1.57. The molecule has 3 rings (SSSR count). The molecule has 2 amide bonds. The van der Waals surface area contributed by atoms with Crippen molar-refractivity contribution in [3.63, 3.8) is 0 Å². The van der Waals surface area contributed by atoms with E-state index in [9.17, 15) is 9.59 Å². The van der Waals surface area contributed by atoms with Gasteiger partial charge in [0, 0.05) is 6.04 Å². The average molecular weight is 633 g/mol. The summed E-state index contributed by atoms with van der Waals surface area (Å²) >= 11 is 0. The number of carbonyl (C=O) groups is 2. The Labute approximate surface area is 271 Å². The largest absolute Gasteiger partial charge is 0.445 e. The predicted molar refractivity (Wildman–Crippen MR) is 184 cm³/mol. The molecule has 7 nitrogen and oxygen atoms in total. The van der Waals surface area contributed by atoms with Gasteiger partial charge in [-0.3, -0.25) is 0 Å². The molecule has 3 aromatic carbocycles. The van der Waals surface area contributed by atoms with Crippen molar-refractivity contribution in [3.8, 4) is 0 Å². The molecule has 45 heavy (non-hydrogen) atoms. The van der Waals surface area contributed by atoms with Crippen LogP contribution in [0.25, 0.3) is 0 Å². The highest BCUT2D eigenvalue weighted by molar-refractivity contribution is 6.48. The van der Waals surface area contributed by atoms with E-state index in [1.165, 1.54) is 0 Å². The van der Waals surface area contributed by atoms with Crippen LogP contribution in [0.15, 0.2) is 91.0 Å². The van der Waals surface area contributed by atoms with Gasteiger partial charge in [-0.25, -0.2) is 9.59 Å². The summed E-state index contributed by atoms with van der Waals surface area (Å²) in [6.45, 7) is 16.5. The summed E-state index contributed by atoms with van der Waals surface area (Å²) in [6.07, 6.45) is -0.216. The second kappa shape index (κ2) is 16.6. The Balaban J connectivity index is 2.00. The molecule has 1 unspecified atom stereocenters. The molecule has 0 saturated carbocycles. The summed E-state index contributed by atoms with van der Waals surface area (Å²) in [4.78, 5) is 26.6. The Morgan fingerprint density at radius 1 is 0.733 bits per heavy atom. The van der Waals surface area contributed by atoms with Crippen LogP contribution in [-0.2, 0) is 26.9 Å². The Bertz CT molecular complexity index is 1310. The van der Waals surface area contributed by atoms with Gasteiger partial charge in [-0.15, -0.1) is 0 Å². The van der Waals surface area contributed by atoms with E-state index >= 15 is 0 Å². The Morgan fingerprint density at radius 2 is 1.27 bits per heavy atom. The maximum atomic E-state index is 13.4. The van der Waals surface area contributed by atoms with E-state index in [2.05, 4.69) is 56.6 Å². The van der Waals surface area contributed by atoms with E-state index in [0.29, 0.717) is 12.8 Å². The van der Waals surface area contributed by atoms with Crippen LogP contribution in [0.1, 0.15) is 70.8 Å². The van der Waals surface area contributed by atoms with Crippen molar-refractivity contribution >= 4 is 21.2 Å². The van der Waals surface area contributed by atoms with Crippen LogP contribution in [0.2, 0.25) is 13.1 Å². The van der Waals surface area contributed by atoms with Crippen LogP contribution in [0.5, 0.6) is 0 Å². The number of ether oxygens (including phenoxy) is 2. The molecule has 0 spiro atoms. The zero-order chi connectivity index (χ0) is 33.0. The van der Waals surface area contributed by atoms with Crippen molar-refractivity contribution in [2.45, 2.75) is 97.9 Å². The SMILES string of the molecule is C[SiH](C)OC(c1ccccc1)[C@@H](NC(=O)OC(C)(C)C)[C@@H](C[C@@H](Cc1ccccc1)NC(=O)OCc1ccccc1)C(C)(C)C. The van der Waals surface area contributed by atoms with Crippen LogP contribution >= 0.6 is 0 Å². The van der Waals surface area contributed by atoms with Gasteiger partial charge in [0.1, 0.15) is 12.2 Å². The lowest BCUT2D eigenvalue weighted by Gasteiger charge is -2.43. The van der Waals surface area contributed by atoms with E-state index in [1.54, 1.807) is 0 Å². The zero-order valence-electron chi connectivity index (χ0n) is 28.2. The van der Waals surface area contributed by atoms with Crippen molar-refractivity contribution in [1.29, 1.82) is 0 Å². The molecule has 244 valence electrons. The molecule has 3 aromatic rings. The molecule has 0 aliphatic heterocycles. The van der Waals surface area contributed by atoms with Gasteiger partial charge in [0.25, 0.3) is 0 Å². The van der Waals surface area contributed by atoms with Gasteiger partial charge in [-0.2, -0.15) is 0 Å². The summed E-state index contributed by atoms with van der Waals surface area (Å²) in [5.41, 5.74) is 2.05. The number of rotatable bonds is 13. The van der Waals surface area contributed by atoms with Crippen molar-refractivity contribution < 1.29 is 23.5 Å². The van der Waals surface area contributed by atoms with E-state index in [1.807, 2.05) is 99.6 Å². The average Bonchev–Trinajstić information content (AvgIpc) is 2.96. The third kappa shape index (κ3) is 12.7. The highest BCUT2D eigenvalue weighted by Crippen LogP contribution is 2.40. The van der Waals surface area contributed by atoms with Crippen LogP contribution in [0.4, 0.5) is 9.59 Å². The molecule has 0 saturated heterocycles. The molecular formula is C37H52N2O5Si. The smallest absolute Gasteiger partial charge is 0.407 e. The lowest BCUT2D eigenvalue weighted by atomic mass is 9.70. The van der Waals surface area contributed by atoms with E-state index in [-0.39, 0.29) is 24.0 Å². The maximum Gasteiger partial charge on any atom is 0.407 e. The Hall–Kier alpha value is -3.62. The number of amides is 2. The first-order valence-electron chi connectivity index (χ1n) is 15.9. The number of carbonyl (C=O) groups excluding carboxylic acids is 2. The second-order valence-electron chi connectivity index (χ2n) is 14.0. The van der Waals surface area contributed by atoms with Gasteiger partial charge in [-0.05, 0) is 74.7 Å². The topological polar surface area (TPSA) is 85.9 Å². The number of benzene rings is 3. The fourth-order valence-electron chi connectivity index (χ4n) is 5.51. The van der Waals surface area contributed by atoms with Gasteiger partial charge in [0.05, 0.1) is 12.1 Å². The van der Waals surface area contributed by atoms with Crippen LogP contribution < -0.4 is 10.6 Å². The first kappa shape index (κ1) is 35.9. The second-order valence-corrected chi connectivity index (χ2v) is 16.4. The number of alkyl carbamates (subject to hydrolysis) is 2. The zero-order valence-corrected chi connectivity index (χ0v) is 29.4. The first-order chi connectivity index (χ1) is 21.2. The molecule has 0 heterocycles. The quantitative estimate of drug-likeness (QED) is 0.186. The third-order valence-corrected chi connectivity index (χ3v) is 8.34. The third-order valence-electron chi connectivity index (χ3n) is 7.50. The highest BCUT2D eigenvalue weighted by Gasteiger charge is 2.41. The van der Waals surface area contributed by atoms with Crippen molar-refractivity contribution in [2.75, 3.05) is 0 Å². The minimum absolute atomic E-state index is 0.133. The fraction of sp³-hybridized carbons (Fsp3) is 0.459. The molecule has 0 aliphatic carbocycles. The summed E-state index contributed by atoms with van der Waals surface area (Å²) in [5.74, 6) is -0.133. The minimum Gasteiger partial charge on any atom is -0.445 e. The molecule has 0 fully saturated rings. The molecular weight excluding hydrogens is 581 g/mol. The van der Waals surface area contributed by atoms with Crippen molar-refractivity contribution in [2.24, 2.45) is 11.3 Å². The predicted octanol–water partition coefficient (Wildman–Crippen LogP) is 8.21. The van der Waals surface area contributed by atoms with Crippen LogP contribution in [0.3, 0.4) is 0 Å². The highest BCUT2D eigenvalue weighted by atomic mass is 28.3. The lowest BCUT2D eigenvalue weighted by Crippen LogP contribution is -2.53. The maximum absolute atomic E-state index is 13.4. The molecule has 0 bridgehead atoms. The number of hydrogen-bond acceptors (Lipinski definition) is 5. The number of nitrogens with one attached hydrogen (secondary N) is 2. The normalized spacial score (nSPS) is 14.6. The van der Waals surface area contributed by atoms with E-state index in [0.717, 1.165) is 16.7 Å². The standard InChI is InChI=1S/C37H52N2O5Si/c1-36(2,3)31(32(39-35(41)43-37(4,5)6)33(44-45(7)8)29-22-16-11-17-23-29)25-30(24-27-18-12-9-13-19-27)38-34(40)42-26-28-20-14-10-15-21-28/h9-23,30-33,45H,24-26H2,1-8H3,(H,38,40)(H,39,41)/t30-,31-,32+,33?/m1/s1. The monoisotopic (exact) mass is 632 g/mol. The van der Waals surface area contributed by atoms with Gasteiger partial charge < -0.3 is 24.5 Å². The molecule has 4 atom stereocenters. The molecule has 0 aliphatic rings. The fourth-order valence-corrected chi connectivity index (χ4v) is 6.42. The summed E-state index contributed by atoms with van der Waals surface area (Å²) < 4.78 is 18.2. The van der Waals surface area contributed by atoms with Gasteiger partial charge >= 0.3 is 12.2 Å². The molecule has 0 aromatic heterocycles. The Kier molecular flexibility index (Phi) is 13.2. The summed E-state index contributed by atoms with van der Waals surface area (Å²) in [6, 6.07) is 29.1. The van der Waals surface area contributed by atoms with Crippen molar-refractivity contribution in [1.82, 2.24) is 10.6 Å². The van der Waals surface area contributed by atoms with E-state index < -0.39 is 39.0 Å². The van der Waals surface area contributed by atoms with E-state index in [4.69, 9.17) is 13.9 Å². The molecule has 0 radical (unpaired) electrons.